The molecule has 3 N–H and O–H groups in total. The summed E-state index contributed by atoms with van der Waals surface area (Å²) in [6.07, 6.45) is -0.599. The highest BCUT2D eigenvalue weighted by atomic mass is 16.6. The van der Waals surface area contributed by atoms with E-state index in [0.29, 0.717) is 12.8 Å². The van der Waals surface area contributed by atoms with E-state index in [1.807, 2.05) is 60.7 Å². The van der Waals surface area contributed by atoms with Gasteiger partial charge < -0.3 is 20.5 Å². The first-order valence-corrected chi connectivity index (χ1v) is 10.3. The number of carbonyl (C=O) groups excluding carboxylic acids is 2. The second-order valence-electron chi connectivity index (χ2n) is 8.76. The average Bonchev–Trinajstić information content (AvgIpc) is 2.94. The zero-order valence-electron chi connectivity index (χ0n) is 17.7. The summed E-state index contributed by atoms with van der Waals surface area (Å²) in [6, 6.07) is 18.3. The van der Waals surface area contributed by atoms with Crippen LogP contribution < -0.4 is 10.6 Å². The van der Waals surface area contributed by atoms with Crippen molar-refractivity contribution >= 4 is 12.0 Å². The monoisotopic (exact) mass is 410 g/mol. The lowest BCUT2D eigenvalue weighted by Gasteiger charge is -2.28. The number of aliphatic hydroxyl groups excluding tert-OH is 1. The molecule has 2 aromatic carbocycles. The molecule has 0 aliphatic carbocycles. The van der Waals surface area contributed by atoms with Gasteiger partial charge >= 0.3 is 6.09 Å². The first-order valence-electron chi connectivity index (χ1n) is 10.3. The highest BCUT2D eigenvalue weighted by Crippen LogP contribution is 2.25. The van der Waals surface area contributed by atoms with Crippen molar-refractivity contribution in [1.82, 2.24) is 10.6 Å². The lowest BCUT2D eigenvalue weighted by Crippen LogP contribution is -2.49. The molecule has 4 atom stereocenters. The number of amides is 2. The zero-order valence-corrected chi connectivity index (χ0v) is 17.7. The van der Waals surface area contributed by atoms with Crippen molar-refractivity contribution in [3.8, 4) is 0 Å². The molecule has 1 aliphatic heterocycles. The van der Waals surface area contributed by atoms with E-state index in [4.69, 9.17) is 4.74 Å². The van der Waals surface area contributed by atoms with E-state index in [9.17, 15) is 14.7 Å². The van der Waals surface area contributed by atoms with Crippen LogP contribution in [0.1, 0.15) is 31.9 Å². The van der Waals surface area contributed by atoms with Gasteiger partial charge in [-0.3, -0.25) is 4.79 Å². The van der Waals surface area contributed by atoms with Crippen LogP contribution in [0.25, 0.3) is 0 Å². The molecule has 30 heavy (non-hydrogen) atoms. The van der Waals surface area contributed by atoms with Gasteiger partial charge in [-0.15, -0.1) is 0 Å². The Balaban J connectivity index is 1.78. The van der Waals surface area contributed by atoms with Crippen LogP contribution in [0.2, 0.25) is 0 Å². The third kappa shape index (κ3) is 5.83. The lowest BCUT2D eigenvalue weighted by atomic mass is 9.87. The van der Waals surface area contributed by atoms with Crippen LogP contribution in [0.4, 0.5) is 4.79 Å². The molecule has 0 saturated carbocycles. The highest BCUT2D eigenvalue weighted by Gasteiger charge is 2.46. The molecule has 2 aromatic rings. The molecule has 0 spiro atoms. The van der Waals surface area contributed by atoms with E-state index < -0.39 is 35.8 Å². The van der Waals surface area contributed by atoms with Gasteiger partial charge in [0.25, 0.3) is 0 Å². The van der Waals surface area contributed by atoms with Crippen molar-refractivity contribution in [2.24, 2.45) is 5.92 Å². The van der Waals surface area contributed by atoms with Crippen molar-refractivity contribution in [3.05, 3.63) is 71.8 Å². The molecule has 3 rings (SSSR count). The first kappa shape index (κ1) is 21.8. The van der Waals surface area contributed by atoms with Gasteiger partial charge in [0.1, 0.15) is 5.60 Å². The molecule has 6 nitrogen and oxygen atoms in total. The summed E-state index contributed by atoms with van der Waals surface area (Å²) in [5.74, 6) is -1.04. The van der Waals surface area contributed by atoms with Crippen LogP contribution in [0, 0.1) is 5.92 Å². The van der Waals surface area contributed by atoms with Gasteiger partial charge in [-0.1, -0.05) is 60.7 Å². The summed E-state index contributed by atoms with van der Waals surface area (Å²) in [6.45, 7) is 5.35. The highest BCUT2D eigenvalue weighted by molar-refractivity contribution is 5.84. The molecule has 1 heterocycles. The van der Waals surface area contributed by atoms with Crippen LogP contribution in [-0.4, -0.2) is 40.9 Å². The van der Waals surface area contributed by atoms with Gasteiger partial charge in [0.2, 0.25) is 5.91 Å². The molecule has 1 aliphatic rings. The van der Waals surface area contributed by atoms with E-state index in [1.54, 1.807) is 20.8 Å². The van der Waals surface area contributed by atoms with E-state index in [2.05, 4.69) is 10.6 Å². The molecule has 160 valence electrons. The van der Waals surface area contributed by atoms with Gasteiger partial charge in [0, 0.05) is 0 Å². The summed E-state index contributed by atoms with van der Waals surface area (Å²) in [7, 11) is 0. The van der Waals surface area contributed by atoms with Crippen molar-refractivity contribution < 1.29 is 19.4 Å². The summed E-state index contributed by atoms with van der Waals surface area (Å²) in [4.78, 5) is 25.3. The second kappa shape index (κ2) is 9.30. The molecule has 0 unspecified atom stereocenters. The van der Waals surface area contributed by atoms with E-state index in [0.717, 1.165) is 11.1 Å². The predicted molar refractivity (Wildman–Crippen MR) is 115 cm³/mol. The Labute approximate surface area is 177 Å². The number of aliphatic hydroxyl groups is 1. The SMILES string of the molecule is CC(C)(C)OC(=O)N[C@@H](Cc1ccccc1)[C@H]1C(=O)N[C@@H](Cc2ccccc2)[C@H]1O. The Morgan fingerprint density at radius 2 is 1.63 bits per heavy atom. The van der Waals surface area contributed by atoms with Crippen LogP contribution >= 0.6 is 0 Å². The summed E-state index contributed by atoms with van der Waals surface area (Å²) >= 11 is 0. The van der Waals surface area contributed by atoms with Crippen LogP contribution in [-0.2, 0) is 22.4 Å². The fraction of sp³-hybridized carbons (Fsp3) is 0.417. The molecule has 1 saturated heterocycles. The molecule has 1 fully saturated rings. The molecule has 0 radical (unpaired) electrons. The quantitative estimate of drug-likeness (QED) is 0.683. The van der Waals surface area contributed by atoms with Crippen LogP contribution in [0.15, 0.2) is 60.7 Å². The van der Waals surface area contributed by atoms with Gasteiger partial charge in [-0.2, -0.15) is 0 Å². The maximum absolute atomic E-state index is 12.8. The zero-order chi connectivity index (χ0) is 21.7. The Morgan fingerprint density at radius 3 is 2.20 bits per heavy atom. The minimum atomic E-state index is -0.929. The van der Waals surface area contributed by atoms with Crippen molar-refractivity contribution in [2.75, 3.05) is 0 Å². The minimum absolute atomic E-state index is 0.263. The molecule has 0 bridgehead atoms. The summed E-state index contributed by atoms with van der Waals surface area (Å²) in [5, 5.41) is 16.7. The van der Waals surface area contributed by atoms with Crippen molar-refractivity contribution in [1.29, 1.82) is 0 Å². The number of ether oxygens (including phenoxy) is 1. The Morgan fingerprint density at radius 1 is 1.07 bits per heavy atom. The van der Waals surface area contributed by atoms with Crippen LogP contribution in [0.5, 0.6) is 0 Å². The molecular weight excluding hydrogens is 380 g/mol. The maximum atomic E-state index is 12.8. The van der Waals surface area contributed by atoms with E-state index in [1.165, 1.54) is 0 Å². The molecular formula is C24H30N2O4. The second-order valence-corrected chi connectivity index (χ2v) is 8.76. The number of hydrogen-bond acceptors (Lipinski definition) is 4. The molecule has 0 aromatic heterocycles. The summed E-state index contributed by atoms with van der Waals surface area (Å²) in [5.41, 5.74) is 1.33. The minimum Gasteiger partial charge on any atom is -0.444 e. The largest absolute Gasteiger partial charge is 0.444 e. The van der Waals surface area contributed by atoms with Crippen molar-refractivity contribution in [3.63, 3.8) is 0 Å². The number of carbonyl (C=O) groups is 2. The van der Waals surface area contributed by atoms with E-state index in [-0.39, 0.29) is 5.91 Å². The number of nitrogens with one attached hydrogen (secondary N) is 2. The van der Waals surface area contributed by atoms with Crippen molar-refractivity contribution in [2.45, 2.75) is 57.4 Å². The third-order valence-corrected chi connectivity index (χ3v) is 5.14. The summed E-state index contributed by atoms with van der Waals surface area (Å²) < 4.78 is 5.40. The lowest BCUT2D eigenvalue weighted by molar-refractivity contribution is -0.124. The maximum Gasteiger partial charge on any atom is 0.407 e. The predicted octanol–water partition coefficient (Wildman–Crippen LogP) is 2.84. The smallest absolute Gasteiger partial charge is 0.407 e. The van der Waals surface area contributed by atoms with Crippen LogP contribution in [0.3, 0.4) is 0 Å². The Kier molecular flexibility index (Phi) is 6.77. The van der Waals surface area contributed by atoms with Gasteiger partial charge in [-0.05, 0) is 44.7 Å². The molecule has 2 amide bonds. The first-order chi connectivity index (χ1) is 14.2. The third-order valence-electron chi connectivity index (χ3n) is 5.14. The van der Waals surface area contributed by atoms with Gasteiger partial charge in [-0.25, -0.2) is 4.79 Å². The Bertz CT molecular complexity index is 849. The fourth-order valence-electron chi connectivity index (χ4n) is 3.82. The topological polar surface area (TPSA) is 87.7 Å². The molecule has 6 heteroatoms. The Hall–Kier alpha value is -2.86. The fourth-order valence-corrected chi connectivity index (χ4v) is 3.82. The van der Waals surface area contributed by atoms with Gasteiger partial charge in [0.05, 0.1) is 24.1 Å². The normalized spacial score (nSPS) is 22.3. The average molecular weight is 411 g/mol. The van der Waals surface area contributed by atoms with Gasteiger partial charge in [0.15, 0.2) is 0 Å². The number of alkyl carbamates (subject to hydrolysis) is 1. The number of hydrogen-bond donors (Lipinski definition) is 3. The standard InChI is InChI=1S/C24H30N2O4/c1-24(2,3)30-23(29)26-18(14-16-10-6-4-7-11-16)20-21(27)19(25-22(20)28)15-17-12-8-5-9-13-17/h4-13,18-21,27H,14-15H2,1-3H3,(H,25,28)(H,26,29)/t18-,19-,20+,21+/m0/s1. The van der Waals surface area contributed by atoms with E-state index >= 15 is 0 Å². The number of rotatable bonds is 6. The number of benzene rings is 2.